The number of benzene rings is 3. The highest BCUT2D eigenvalue weighted by Crippen LogP contribution is 2.21. The Bertz CT molecular complexity index is 1220. The summed E-state index contributed by atoms with van der Waals surface area (Å²) in [6.45, 7) is -0.226. The molecule has 1 aromatic heterocycles. The van der Waals surface area contributed by atoms with Crippen molar-refractivity contribution in [3.8, 4) is 11.4 Å². The highest BCUT2D eigenvalue weighted by atomic mass is 79.9. The van der Waals surface area contributed by atoms with Gasteiger partial charge in [0.25, 0.3) is 11.8 Å². The van der Waals surface area contributed by atoms with E-state index in [-0.39, 0.29) is 18.4 Å². The summed E-state index contributed by atoms with van der Waals surface area (Å²) in [5, 5.41) is 5.63. The van der Waals surface area contributed by atoms with Crippen molar-refractivity contribution >= 4 is 39.1 Å². The van der Waals surface area contributed by atoms with Gasteiger partial charge < -0.3 is 19.9 Å². The maximum Gasteiger partial charge on any atom is 0.262 e. The van der Waals surface area contributed by atoms with Gasteiger partial charge in [0.15, 0.2) is 6.61 Å². The number of nitrogens with one attached hydrogen (secondary N) is 2. The normalized spacial score (nSPS) is 10.4. The number of carbonyl (C=O) groups excluding carboxylic acids is 2. The molecule has 0 unspecified atom stereocenters. The minimum absolute atomic E-state index is 0.226. The van der Waals surface area contributed by atoms with Crippen molar-refractivity contribution in [2.24, 2.45) is 0 Å². The molecule has 0 aliphatic rings. The molecule has 2 N–H and O–H groups in total. The zero-order valence-corrected chi connectivity index (χ0v) is 18.5. The molecule has 160 valence electrons. The molecule has 7 nitrogen and oxygen atoms in total. The third-order valence-electron chi connectivity index (χ3n) is 4.52. The average molecular weight is 491 g/mol. The highest BCUT2D eigenvalue weighted by molar-refractivity contribution is 9.10. The molecule has 0 aliphatic carbocycles. The molecule has 0 fully saturated rings. The zero-order chi connectivity index (χ0) is 22.3. The first-order valence-corrected chi connectivity index (χ1v) is 10.5. The van der Waals surface area contributed by atoms with Crippen LogP contribution in [-0.2, 0) is 4.79 Å². The van der Waals surface area contributed by atoms with Crippen LogP contribution in [0.1, 0.15) is 10.4 Å². The van der Waals surface area contributed by atoms with E-state index in [1.165, 1.54) is 0 Å². The first kappa shape index (κ1) is 21.3. The van der Waals surface area contributed by atoms with Crippen molar-refractivity contribution in [1.29, 1.82) is 0 Å². The van der Waals surface area contributed by atoms with Crippen molar-refractivity contribution in [3.63, 3.8) is 0 Å². The van der Waals surface area contributed by atoms with Crippen LogP contribution in [0.25, 0.3) is 5.69 Å². The summed E-state index contributed by atoms with van der Waals surface area (Å²) in [7, 11) is 0. The van der Waals surface area contributed by atoms with E-state index in [9.17, 15) is 9.59 Å². The molecule has 0 atom stereocenters. The van der Waals surface area contributed by atoms with Crippen LogP contribution < -0.4 is 15.4 Å². The minimum Gasteiger partial charge on any atom is -0.483 e. The van der Waals surface area contributed by atoms with E-state index >= 15 is 0 Å². The van der Waals surface area contributed by atoms with Crippen LogP contribution in [0.15, 0.2) is 96.0 Å². The van der Waals surface area contributed by atoms with Crippen molar-refractivity contribution in [1.82, 2.24) is 9.55 Å². The Kier molecular flexibility index (Phi) is 6.62. The molecular formula is C24H19BrN4O3. The number of aromatic nitrogens is 2. The van der Waals surface area contributed by atoms with Gasteiger partial charge in [-0.2, -0.15) is 0 Å². The summed E-state index contributed by atoms with van der Waals surface area (Å²) < 4.78 is 8.40. The van der Waals surface area contributed by atoms with E-state index in [0.717, 1.165) is 10.2 Å². The number of nitrogens with zero attached hydrogens (tertiary/aromatic N) is 2. The van der Waals surface area contributed by atoms with E-state index in [4.69, 9.17) is 4.74 Å². The van der Waals surface area contributed by atoms with Crippen LogP contribution in [0, 0.1) is 0 Å². The highest BCUT2D eigenvalue weighted by Gasteiger charge is 2.14. The van der Waals surface area contributed by atoms with Gasteiger partial charge in [0.05, 0.1) is 11.9 Å². The molecular weight excluding hydrogens is 472 g/mol. The Morgan fingerprint density at radius 2 is 1.75 bits per heavy atom. The van der Waals surface area contributed by atoms with Gasteiger partial charge >= 0.3 is 0 Å². The lowest BCUT2D eigenvalue weighted by atomic mass is 10.1. The molecule has 0 bridgehead atoms. The Labute approximate surface area is 193 Å². The van der Waals surface area contributed by atoms with Gasteiger partial charge in [-0.3, -0.25) is 9.59 Å². The summed E-state index contributed by atoms with van der Waals surface area (Å²) in [6, 6.07) is 21.4. The SMILES string of the molecule is O=C(COc1ccccc1C(=O)Nc1cccc(-n2ccnc2)c1)Nc1ccc(Br)cc1. The molecule has 0 saturated heterocycles. The van der Waals surface area contributed by atoms with Gasteiger partial charge in [-0.25, -0.2) is 4.98 Å². The second-order valence-electron chi connectivity index (χ2n) is 6.81. The Balaban J connectivity index is 1.41. The number of imidazole rings is 1. The zero-order valence-electron chi connectivity index (χ0n) is 16.9. The number of ether oxygens (including phenoxy) is 1. The van der Waals surface area contributed by atoms with Crippen LogP contribution in [0.4, 0.5) is 11.4 Å². The standard InChI is InChI=1S/C24H19BrN4O3/c25-17-8-10-18(11-9-17)27-23(30)15-32-22-7-2-1-6-21(22)24(31)28-19-4-3-5-20(14-19)29-13-12-26-16-29/h1-14,16H,15H2,(H,27,30)(H,28,31). The van der Waals surface area contributed by atoms with Crippen LogP contribution in [0.3, 0.4) is 0 Å². The molecule has 0 radical (unpaired) electrons. The van der Waals surface area contributed by atoms with Gasteiger partial charge in [0.2, 0.25) is 0 Å². The molecule has 1 heterocycles. The molecule has 4 aromatic rings. The lowest BCUT2D eigenvalue weighted by Gasteiger charge is -2.12. The molecule has 0 spiro atoms. The third-order valence-corrected chi connectivity index (χ3v) is 5.05. The Hall–Kier alpha value is -3.91. The Morgan fingerprint density at radius 3 is 2.53 bits per heavy atom. The van der Waals surface area contributed by atoms with E-state index < -0.39 is 0 Å². The molecule has 8 heteroatoms. The van der Waals surface area contributed by atoms with Gasteiger partial charge in [0, 0.05) is 33.9 Å². The number of amides is 2. The number of halogens is 1. The fourth-order valence-corrected chi connectivity index (χ4v) is 3.27. The second-order valence-corrected chi connectivity index (χ2v) is 7.73. The fraction of sp³-hybridized carbons (Fsp3) is 0.0417. The van der Waals surface area contributed by atoms with E-state index in [1.807, 2.05) is 41.1 Å². The number of rotatable bonds is 7. The summed E-state index contributed by atoms with van der Waals surface area (Å²) in [6.07, 6.45) is 5.19. The summed E-state index contributed by atoms with van der Waals surface area (Å²) >= 11 is 3.35. The van der Waals surface area contributed by atoms with E-state index in [1.54, 1.807) is 55.0 Å². The monoisotopic (exact) mass is 490 g/mol. The Morgan fingerprint density at radius 1 is 0.938 bits per heavy atom. The van der Waals surface area contributed by atoms with Crippen molar-refractivity contribution < 1.29 is 14.3 Å². The lowest BCUT2D eigenvalue weighted by Crippen LogP contribution is -2.21. The quantitative estimate of drug-likeness (QED) is 0.385. The number of para-hydroxylation sites is 1. The van der Waals surface area contributed by atoms with Gasteiger partial charge in [-0.1, -0.05) is 34.1 Å². The lowest BCUT2D eigenvalue weighted by molar-refractivity contribution is -0.118. The van der Waals surface area contributed by atoms with Crippen LogP contribution in [0.5, 0.6) is 5.75 Å². The van der Waals surface area contributed by atoms with Crippen molar-refractivity contribution in [3.05, 3.63) is 102 Å². The van der Waals surface area contributed by atoms with Crippen LogP contribution >= 0.6 is 15.9 Å². The molecule has 0 saturated carbocycles. The number of hydrogen-bond acceptors (Lipinski definition) is 4. The summed E-state index contributed by atoms with van der Waals surface area (Å²) in [4.78, 5) is 29.2. The predicted molar refractivity (Wildman–Crippen MR) is 126 cm³/mol. The van der Waals surface area contributed by atoms with E-state index in [0.29, 0.717) is 22.7 Å². The maximum absolute atomic E-state index is 12.9. The number of carbonyl (C=O) groups is 2. The van der Waals surface area contributed by atoms with Crippen molar-refractivity contribution in [2.75, 3.05) is 17.2 Å². The summed E-state index contributed by atoms with van der Waals surface area (Å²) in [5.41, 5.74) is 2.49. The second kappa shape index (κ2) is 9.93. The smallest absolute Gasteiger partial charge is 0.262 e. The number of anilines is 2. The van der Waals surface area contributed by atoms with Gasteiger partial charge in [-0.05, 0) is 54.6 Å². The van der Waals surface area contributed by atoms with E-state index in [2.05, 4.69) is 31.5 Å². The number of hydrogen-bond donors (Lipinski definition) is 2. The third kappa shape index (κ3) is 5.41. The summed E-state index contributed by atoms with van der Waals surface area (Å²) in [5.74, 6) is -0.339. The first-order chi connectivity index (χ1) is 15.6. The van der Waals surface area contributed by atoms with Gasteiger partial charge in [0.1, 0.15) is 5.75 Å². The predicted octanol–water partition coefficient (Wildman–Crippen LogP) is 4.90. The fourth-order valence-electron chi connectivity index (χ4n) is 3.01. The molecule has 32 heavy (non-hydrogen) atoms. The minimum atomic E-state index is -0.336. The van der Waals surface area contributed by atoms with Crippen molar-refractivity contribution in [2.45, 2.75) is 0 Å². The molecule has 2 amide bonds. The largest absolute Gasteiger partial charge is 0.483 e. The molecule has 3 aromatic carbocycles. The molecule has 4 rings (SSSR count). The molecule has 0 aliphatic heterocycles. The van der Waals surface area contributed by atoms with Crippen LogP contribution in [0.2, 0.25) is 0 Å². The van der Waals surface area contributed by atoms with Gasteiger partial charge in [-0.15, -0.1) is 0 Å². The topological polar surface area (TPSA) is 85.2 Å². The maximum atomic E-state index is 12.9. The van der Waals surface area contributed by atoms with Crippen LogP contribution in [-0.4, -0.2) is 28.0 Å². The average Bonchev–Trinajstić information content (AvgIpc) is 3.35. The first-order valence-electron chi connectivity index (χ1n) is 9.75.